The fraction of sp³-hybridized carbons (Fsp3) is 0.714. The highest BCUT2D eigenvalue weighted by molar-refractivity contribution is 4.94. The maximum absolute atomic E-state index is 5.51. The minimum Gasteiger partial charge on any atom is -0.330 e. The molecule has 1 unspecified atom stereocenters. The fourth-order valence-electron chi connectivity index (χ4n) is 0.995. The van der Waals surface area contributed by atoms with Gasteiger partial charge in [0.25, 0.3) is 0 Å². The second-order valence-electron chi connectivity index (χ2n) is 2.61. The smallest absolute Gasteiger partial charge is 0.136 e. The summed E-state index contributed by atoms with van der Waals surface area (Å²) in [5.74, 6) is 1.28. The van der Waals surface area contributed by atoms with E-state index in [-0.39, 0.29) is 0 Å². The van der Waals surface area contributed by atoms with E-state index in [9.17, 15) is 0 Å². The number of hydrogen-bond donors (Lipinski definition) is 1. The van der Waals surface area contributed by atoms with Gasteiger partial charge in [0, 0.05) is 19.0 Å². The average Bonchev–Trinajstić information content (AvgIpc) is 2.50. The van der Waals surface area contributed by atoms with Crippen molar-refractivity contribution >= 4 is 0 Å². The molecular formula is C7H14N4. The zero-order chi connectivity index (χ0) is 8.27. The van der Waals surface area contributed by atoms with Crippen LogP contribution in [0, 0.1) is 0 Å². The fourth-order valence-corrected chi connectivity index (χ4v) is 0.995. The molecule has 0 saturated carbocycles. The predicted octanol–water partition coefficient (Wildman–Crippen LogP) is 0.360. The van der Waals surface area contributed by atoms with Crippen molar-refractivity contribution in [2.75, 3.05) is 6.54 Å². The Hall–Kier alpha value is -0.900. The number of hydrogen-bond acceptors (Lipinski definition) is 3. The lowest BCUT2D eigenvalue weighted by atomic mass is 10.2. The van der Waals surface area contributed by atoms with Gasteiger partial charge >= 0.3 is 0 Å². The minimum absolute atomic E-state index is 0.303. The van der Waals surface area contributed by atoms with E-state index in [0.29, 0.717) is 12.5 Å². The molecule has 0 aliphatic rings. The van der Waals surface area contributed by atoms with Gasteiger partial charge in [0.15, 0.2) is 0 Å². The Balaban J connectivity index is 2.83. The lowest BCUT2D eigenvalue weighted by Gasteiger charge is -2.07. The maximum atomic E-state index is 5.51. The summed E-state index contributed by atoms with van der Waals surface area (Å²) in [5, 5.41) is 7.81. The Morgan fingerprint density at radius 3 is 3.00 bits per heavy atom. The van der Waals surface area contributed by atoms with Gasteiger partial charge in [0.2, 0.25) is 0 Å². The first-order valence-corrected chi connectivity index (χ1v) is 3.87. The highest BCUT2D eigenvalue weighted by Gasteiger charge is 2.09. The molecular weight excluding hydrogens is 140 g/mol. The number of nitrogens with zero attached hydrogens (tertiary/aromatic N) is 3. The third-order valence-electron chi connectivity index (χ3n) is 1.78. The Kier molecular flexibility index (Phi) is 2.59. The molecule has 1 aromatic heterocycles. The second kappa shape index (κ2) is 3.48. The normalized spacial score (nSPS) is 13.4. The number of aromatic nitrogens is 3. The van der Waals surface area contributed by atoms with Crippen LogP contribution in [0.5, 0.6) is 0 Å². The zero-order valence-electron chi connectivity index (χ0n) is 6.99. The van der Waals surface area contributed by atoms with E-state index in [1.807, 2.05) is 4.57 Å². The summed E-state index contributed by atoms with van der Waals surface area (Å²) in [6, 6.07) is 0. The minimum atomic E-state index is 0.303. The van der Waals surface area contributed by atoms with Crippen LogP contribution in [0.3, 0.4) is 0 Å². The van der Waals surface area contributed by atoms with Crippen LogP contribution in [0.1, 0.15) is 25.6 Å². The summed E-state index contributed by atoms with van der Waals surface area (Å²) in [4.78, 5) is 0. The molecule has 0 bridgehead atoms. The topological polar surface area (TPSA) is 56.7 Å². The van der Waals surface area contributed by atoms with E-state index in [1.165, 1.54) is 0 Å². The molecule has 0 aliphatic heterocycles. The van der Waals surface area contributed by atoms with E-state index in [2.05, 4.69) is 24.0 Å². The molecule has 1 heterocycles. The predicted molar refractivity (Wildman–Crippen MR) is 43.2 cm³/mol. The first kappa shape index (κ1) is 8.20. The molecule has 0 saturated heterocycles. The van der Waals surface area contributed by atoms with Crippen molar-refractivity contribution in [2.45, 2.75) is 26.3 Å². The van der Waals surface area contributed by atoms with Crippen molar-refractivity contribution < 1.29 is 0 Å². The van der Waals surface area contributed by atoms with Crippen LogP contribution in [0.15, 0.2) is 6.33 Å². The molecule has 0 aliphatic carbocycles. The third kappa shape index (κ3) is 1.57. The van der Waals surface area contributed by atoms with E-state index in [0.717, 1.165) is 12.4 Å². The Morgan fingerprint density at radius 1 is 1.73 bits per heavy atom. The highest BCUT2D eigenvalue weighted by atomic mass is 15.3. The molecule has 0 spiro atoms. The van der Waals surface area contributed by atoms with Gasteiger partial charge in [-0.05, 0) is 6.92 Å². The standard InChI is InChI=1S/C7H14N4/c1-3-11-5-9-10-7(11)6(2)4-8/h5-6H,3-4,8H2,1-2H3. The molecule has 0 radical (unpaired) electrons. The molecule has 0 aromatic carbocycles. The number of nitrogens with two attached hydrogens (primary N) is 1. The molecule has 1 aromatic rings. The molecule has 1 atom stereocenters. The second-order valence-corrected chi connectivity index (χ2v) is 2.61. The van der Waals surface area contributed by atoms with Crippen molar-refractivity contribution in [1.29, 1.82) is 0 Å². The highest BCUT2D eigenvalue weighted by Crippen LogP contribution is 2.09. The van der Waals surface area contributed by atoms with Crippen LogP contribution in [-0.4, -0.2) is 21.3 Å². The van der Waals surface area contributed by atoms with Gasteiger partial charge in [0.1, 0.15) is 12.2 Å². The van der Waals surface area contributed by atoms with Crippen molar-refractivity contribution in [3.63, 3.8) is 0 Å². The van der Waals surface area contributed by atoms with Gasteiger partial charge in [-0.15, -0.1) is 10.2 Å². The van der Waals surface area contributed by atoms with Gasteiger partial charge in [-0.25, -0.2) is 0 Å². The summed E-state index contributed by atoms with van der Waals surface area (Å²) >= 11 is 0. The van der Waals surface area contributed by atoms with Gasteiger partial charge in [-0.1, -0.05) is 6.92 Å². The zero-order valence-corrected chi connectivity index (χ0v) is 6.99. The average molecular weight is 154 g/mol. The Bertz CT molecular complexity index is 218. The molecule has 11 heavy (non-hydrogen) atoms. The van der Waals surface area contributed by atoms with E-state index < -0.39 is 0 Å². The summed E-state index contributed by atoms with van der Waals surface area (Å²) in [6.45, 7) is 5.65. The summed E-state index contributed by atoms with van der Waals surface area (Å²) < 4.78 is 2.01. The van der Waals surface area contributed by atoms with Crippen LogP contribution in [0.25, 0.3) is 0 Å². The molecule has 62 valence electrons. The molecule has 2 N–H and O–H groups in total. The van der Waals surface area contributed by atoms with E-state index in [1.54, 1.807) is 6.33 Å². The van der Waals surface area contributed by atoms with Crippen LogP contribution in [0.2, 0.25) is 0 Å². The first-order chi connectivity index (χ1) is 5.29. The number of rotatable bonds is 3. The van der Waals surface area contributed by atoms with Gasteiger partial charge in [0.05, 0.1) is 0 Å². The molecule has 0 fully saturated rings. The van der Waals surface area contributed by atoms with Gasteiger partial charge < -0.3 is 10.3 Å². The Labute approximate surface area is 66.4 Å². The summed E-state index contributed by atoms with van der Waals surface area (Å²) in [5.41, 5.74) is 5.51. The molecule has 0 amide bonds. The first-order valence-electron chi connectivity index (χ1n) is 3.87. The SMILES string of the molecule is CCn1cnnc1C(C)CN. The van der Waals surface area contributed by atoms with Crippen molar-refractivity contribution in [3.8, 4) is 0 Å². The lowest BCUT2D eigenvalue weighted by Crippen LogP contribution is -2.14. The van der Waals surface area contributed by atoms with Crippen LogP contribution in [0.4, 0.5) is 0 Å². The quantitative estimate of drug-likeness (QED) is 0.684. The molecule has 4 heteroatoms. The summed E-state index contributed by atoms with van der Waals surface area (Å²) in [7, 11) is 0. The maximum Gasteiger partial charge on any atom is 0.136 e. The van der Waals surface area contributed by atoms with E-state index >= 15 is 0 Å². The monoisotopic (exact) mass is 154 g/mol. The number of aryl methyl sites for hydroxylation is 1. The largest absolute Gasteiger partial charge is 0.330 e. The molecule has 1 rings (SSSR count). The van der Waals surface area contributed by atoms with Crippen LogP contribution >= 0.6 is 0 Å². The van der Waals surface area contributed by atoms with Crippen LogP contribution < -0.4 is 5.73 Å². The van der Waals surface area contributed by atoms with Crippen molar-refractivity contribution in [2.24, 2.45) is 5.73 Å². The van der Waals surface area contributed by atoms with Crippen molar-refractivity contribution in [1.82, 2.24) is 14.8 Å². The Morgan fingerprint density at radius 2 is 2.45 bits per heavy atom. The van der Waals surface area contributed by atoms with Crippen molar-refractivity contribution in [3.05, 3.63) is 12.2 Å². The van der Waals surface area contributed by atoms with Gasteiger partial charge in [-0.2, -0.15) is 0 Å². The van der Waals surface area contributed by atoms with Crippen LogP contribution in [-0.2, 0) is 6.54 Å². The van der Waals surface area contributed by atoms with Gasteiger partial charge in [-0.3, -0.25) is 0 Å². The molecule has 4 nitrogen and oxygen atoms in total. The third-order valence-corrected chi connectivity index (χ3v) is 1.78. The van der Waals surface area contributed by atoms with E-state index in [4.69, 9.17) is 5.73 Å². The lowest BCUT2D eigenvalue weighted by molar-refractivity contribution is 0.626. The summed E-state index contributed by atoms with van der Waals surface area (Å²) in [6.07, 6.45) is 1.74.